The summed E-state index contributed by atoms with van der Waals surface area (Å²) in [5, 5.41) is 0. The number of benzene rings is 1. The minimum Gasteiger partial charge on any atom is -0.341 e. The van der Waals surface area contributed by atoms with Crippen LogP contribution in [0.1, 0.15) is 18.7 Å². The van der Waals surface area contributed by atoms with Crippen LogP contribution in [0.4, 0.5) is 8.78 Å². The molecule has 0 spiro atoms. The van der Waals surface area contributed by atoms with Crippen molar-refractivity contribution in [1.82, 2.24) is 19.8 Å². The van der Waals surface area contributed by atoms with E-state index in [-0.39, 0.29) is 0 Å². The molecule has 4 nitrogen and oxygen atoms in total. The van der Waals surface area contributed by atoms with Gasteiger partial charge in [0.25, 0.3) is 0 Å². The van der Waals surface area contributed by atoms with Crippen molar-refractivity contribution in [2.45, 2.75) is 25.4 Å². The number of aromatic amines is 1. The summed E-state index contributed by atoms with van der Waals surface area (Å²) in [4.78, 5) is 12.0. The zero-order chi connectivity index (χ0) is 15.0. The van der Waals surface area contributed by atoms with Gasteiger partial charge in [0.05, 0.1) is 17.6 Å². The van der Waals surface area contributed by atoms with Gasteiger partial charge >= 0.3 is 0 Å². The number of fused-ring (bicyclic) bond motifs is 1. The number of piperidine rings is 1. The highest BCUT2D eigenvalue weighted by molar-refractivity contribution is 5.75. The summed E-state index contributed by atoms with van der Waals surface area (Å²) in [7, 11) is 4.21. The topological polar surface area (TPSA) is 35.2 Å². The van der Waals surface area contributed by atoms with Crippen LogP contribution < -0.4 is 0 Å². The Labute approximate surface area is 122 Å². The van der Waals surface area contributed by atoms with Gasteiger partial charge in [-0.05, 0) is 40.0 Å². The normalized spacial score (nSPS) is 18.0. The number of hydrogen-bond donors (Lipinski definition) is 1. The van der Waals surface area contributed by atoms with E-state index in [0.717, 1.165) is 43.9 Å². The molecule has 2 aromatic rings. The Morgan fingerprint density at radius 3 is 2.67 bits per heavy atom. The fourth-order valence-electron chi connectivity index (χ4n) is 2.93. The SMILES string of the molecule is CN1CCC(N(C)Cc2nc3cc(F)c(F)cc3[nH]2)CC1. The van der Waals surface area contributed by atoms with E-state index in [1.54, 1.807) is 0 Å². The summed E-state index contributed by atoms with van der Waals surface area (Å²) in [5.41, 5.74) is 1.02. The van der Waals surface area contributed by atoms with Gasteiger partial charge in [-0.2, -0.15) is 0 Å². The van der Waals surface area contributed by atoms with E-state index in [1.165, 1.54) is 0 Å². The molecule has 1 N–H and O–H groups in total. The highest BCUT2D eigenvalue weighted by atomic mass is 19.2. The van der Waals surface area contributed by atoms with Crippen LogP contribution >= 0.6 is 0 Å². The maximum absolute atomic E-state index is 13.2. The second-order valence-electron chi connectivity index (χ2n) is 5.92. The molecule has 6 heteroatoms. The first-order valence-electron chi connectivity index (χ1n) is 7.25. The Bertz CT molecular complexity index is 593. The van der Waals surface area contributed by atoms with Crippen LogP contribution in [0.15, 0.2) is 12.1 Å². The molecule has 0 atom stereocenters. The van der Waals surface area contributed by atoms with Gasteiger partial charge in [0.15, 0.2) is 11.6 Å². The molecule has 3 rings (SSSR count). The molecule has 0 amide bonds. The maximum Gasteiger partial charge on any atom is 0.161 e. The standard InChI is InChI=1S/C15H20F2N4/c1-20-5-3-10(4-6-20)21(2)9-15-18-13-7-11(16)12(17)8-14(13)19-15/h7-8,10H,3-6,9H2,1-2H3,(H,18,19). The van der Waals surface area contributed by atoms with Crippen molar-refractivity contribution < 1.29 is 8.78 Å². The first kappa shape index (κ1) is 14.4. The third-order valence-electron chi connectivity index (χ3n) is 4.28. The molecule has 1 aliphatic rings. The monoisotopic (exact) mass is 294 g/mol. The molecule has 1 saturated heterocycles. The molecule has 0 saturated carbocycles. The van der Waals surface area contributed by atoms with E-state index >= 15 is 0 Å². The number of nitrogens with zero attached hydrogens (tertiary/aromatic N) is 3. The lowest BCUT2D eigenvalue weighted by Crippen LogP contribution is -2.41. The molecular formula is C15H20F2N4. The zero-order valence-corrected chi connectivity index (χ0v) is 12.4. The fraction of sp³-hybridized carbons (Fsp3) is 0.533. The second-order valence-corrected chi connectivity index (χ2v) is 5.92. The number of H-pyrrole nitrogens is 1. The van der Waals surface area contributed by atoms with E-state index in [4.69, 9.17) is 0 Å². The highest BCUT2D eigenvalue weighted by Crippen LogP contribution is 2.19. The molecular weight excluding hydrogens is 274 g/mol. The average Bonchev–Trinajstić information content (AvgIpc) is 2.81. The van der Waals surface area contributed by atoms with Gasteiger partial charge in [-0.15, -0.1) is 0 Å². The third kappa shape index (κ3) is 3.06. The Kier molecular flexibility index (Phi) is 3.91. The lowest BCUT2D eigenvalue weighted by molar-refractivity contribution is 0.137. The van der Waals surface area contributed by atoms with Crippen molar-refractivity contribution in [2.75, 3.05) is 27.2 Å². The van der Waals surface area contributed by atoms with Crippen molar-refractivity contribution in [3.63, 3.8) is 0 Å². The van der Waals surface area contributed by atoms with E-state index in [1.807, 2.05) is 0 Å². The van der Waals surface area contributed by atoms with Crippen LogP contribution in [0.2, 0.25) is 0 Å². The minimum atomic E-state index is -0.857. The van der Waals surface area contributed by atoms with Crippen molar-refractivity contribution >= 4 is 11.0 Å². The summed E-state index contributed by atoms with van der Waals surface area (Å²) in [6.07, 6.45) is 2.27. The Morgan fingerprint density at radius 2 is 1.95 bits per heavy atom. The molecule has 114 valence electrons. The quantitative estimate of drug-likeness (QED) is 0.944. The molecule has 0 aliphatic carbocycles. The molecule has 1 aromatic carbocycles. The van der Waals surface area contributed by atoms with Crippen molar-refractivity contribution in [1.29, 1.82) is 0 Å². The van der Waals surface area contributed by atoms with Gasteiger partial charge in [0.2, 0.25) is 0 Å². The minimum absolute atomic E-state index is 0.473. The number of imidazole rings is 1. The third-order valence-corrected chi connectivity index (χ3v) is 4.28. The molecule has 0 bridgehead atoms. The Morgan fingerprint density at radius 1 is 1.29 bits per heavy atom. The number of rotatable bonds is 3. The molecule has 1 aliphatic heterocycles. The van der Waals surface area contributed by atoms with Gasteiger partial charge < -0.3 is 9.88 Å². The fourth-order valence-corrected chi connectivity index (χ4v) is 2.93. The molecule has 0 radical (unpaired) electrons. The summed E-state index contributed by atoms with van der Waals surface area (Å²) in [5.74, 6) is -0.956. The van der Waals surface area contributed by atoms with Gasteiger partial charge in [-0.1, -0.05) is 0 Å². The maximum atomic E-state index is 13.2. The predicted molar refractivity (Wildman–Crippen MR) is 78.0 cm³/mol. The average molecular weight is 294 g/mol. The Hall–Kier alpha value is -1.53. The molecule has 0 unspecified atom stereocenters. The zero-order valence-electron chi connectivity index (χ0n) is 12.4. The van der Waals surface area contributed by atoms with E-state index in [0.29, 0.717) is 23.6 Å². The number of nitrogens with one attached hydrogen (secondary N) is 1. The first-order chi connectivity index (χ1) is 10.0. The number of hydrogen-bond acceptors (Lipinski definition) is 3. The second kappa shape index (κ2) is 5.69. The van der Waals surface area contributed by atoms with Crippen LogP contribution in [-0.2, 0) is 6.54 Å². The number of likely N-dealkylation sites (tertiary alicyclic amines) is 1. The van der Waals surface area contributed by atoms with Crippen LogP contribution in [0, 0.1) is 11.6 Å². The van der Waals surface area contributed by atoms with Gasteiger partial charge in [0.1, 0.15) is 5.82 Å². The van der Waals surface area contributed by atoms with E-state index < -0.39 is 11.6 Å². The van der Waals surface area contributed by atoms with Crippen LogP contribution in [0.5, 0.6) is 0 Å². The predicted octanol–water partition coefficient (Wildman–Crippen LogP) is 2.37. The molecule has 2 heterocycles. The van der Waals surface area contributed by atoms with Crippen LogP contribution in [0.25, 0.3) is 11.0 Å². The molecule has 21 heavy (non-hydrogen) atoms. The van der Waals surface area contributed by atoms with Crippen molar-refractivity contribution in [3.05, 3.63) is 29.6 Å². The van der Waals surface area contributed by atoms with Gasteiger partial charge in [-0.3, -0.25) is 4.90 Å². The van der Waals surface area contributed by atoms with Gasteiger partial charge in [0, 0.05) is 18.2 Å². The Balaban J connectivity index is 1.72. The first-order valence-corrected chi connectivity index (χ1v) is 7.25. The van der Waals surface area contributed by atoms with E-state index in [9.17, 15) is 8.78 Å². The lowest BCUT2D eigenvalue weighted by Gasteiger charge is -2.34. The summed E-state index contributed by atoms with van der Waals surface area (Å²) in [6.45, 7) is 2.86. The summed E-state index contributed by atoms with van der Waals surface area (Å²) in [6, 6.07) is 2.83. The lowest BCUT2D eigenvalue weighted by atomic mass is 10.0. The van der Waals surface area contributed by atoms with Crippen molar-refractivity contribution in [3.8, 4) is 0 Å². The molecule has 1 aromatic heterocycles. The van der Waals surface area contributed by atoms with Crippen LogP contribution in [0.3, 0.4) is 0 Å². The van der Waals surface area contributed by atoms with Crippen LogP contribution in [-0.4, -0.2) is 53.0 Å². The number of aromatic nitrogens is 2. The smallest absolute Gasteiger partial charge is 0.161 e. The largest absolute Gasteiger partial charge is 0.341 e. The highest BCUT2D eigenvalue weighted by Gasteiger charge is 2.21. The summed E-state index contributed by atoms with van der Waals surface area (Å²) >= 11 is 0. The number of halogens is 2. The van der Waals surface area contributed by atoms with Gasteiger partial charge in [-0.25, -0.2) is 13.8 Å². The van der Waals surface area contributed by atoms with E-state index in [2.05, 4.69) is 33.9 Å². The summed E-state index contributed by atoms with van der Waals surface area (Å²) < 4.78 is 26.4. The van der Waals surface area contributed by atoms with Crippen molar-refractivity contribution in [2.24, 2.45) is 0 Å². The molecule has 1 fully saturated rings.